The number of ether oxygens (including phenoxy) is 1. The van der Waals surface area contributed by atoms with E-state index in [-0.39, 0.29) is 12.4 Å². The molecule has 0 aromatic heterocycles. The lowest BCUT2D eigenvalue weighted by Gasteiger charge is -2.30. The Hall–Kier alpha value is -1.91. The van der Waals surface area contributed by atoms with Gasteiger partial charge in [0, 0.05) is 36.7 Å². The summed E-state index contributed by atoms with van der Waals surface area (Å²) in [6, 6.07) is 14.5. The van der Waals surface area contributed by atoms with Crippen molar-refractivity contribution in [3.63, 3.8) is 0 Å². The van der Waals surface area contributed by atoms with Crippen LogP contribution in [0.2, 0.25) is 0 Å². The van der Waals surface area contributed by atoms with E-state index in [0.29, 0.717) is 0 Å². The van der Waals surface area contributed by atoms with E-state index >= 15 is 0 Å². The standard InChI is InChI=1S/C18H23N3O.ClH/c1-14-12-16(19)6-7-17(14)20-13-15-4-2-3-5-18(15)21-8-10-22-11-9-21;/h2-7,12,20H,8-11,13,19H2,1H3;1H. The van der Waals surface area contributed by atoms with Crippen LogP contribution in [0.4, 0.5) is 17.1 Å². The molecule has 0 atom stereocenters. The predicted molar refractivity (Wildman–Crippen MR) is 99.6 cm³/mol. The third kappa shape index (κ3) is 4.30. The highest BCUT2D eigenvalue weighted by Gasteiger charge is 2.14. The molecule has 23 heavy (non-hydrogen) atoms. The second-order valence-electron chi connectivity index (χ2n) is 5.66. The van der Waals surface area contributed by atoms with Gasteiger partial charge in [-0.25, -0.2) is 0 Å². The molecule has 1 aliphatic heterocycles. The third-order valence-electron chi connectivity index (χ3n) is 4.06. The lowest BCUT2D eigenvalue weighted by atomic mass is 10.1. The van der Waals surface area contributed by atoms with Crippen LogP contribution < -0.4 is 16.0 Å². The minimum Gasteiger partial charge on any atom is -0.399 e. The van der Waals surface area contributed by atoms with Gasteiger partial charge in [0.1, 0.15) is 0 Å². The Morgan fingerprint density at radius 2 is 1.87 bits per heavy atom. The molecule has 2 aromatic carbocycles. The third-order valence-corrected chi connectivity index (χ3v) is 4.06. The first kappa shape index (κ1) is 17.4. The number of benzene rings is 2. The maximum Gasteiger partial charge on any atom is 0.0642 e. The second-order valence-corrected chi connectivity index (χ2v) is 5.66. The molecule has 3 N–H and O–H groups in total. The van der Waals surface area contributed by atoms with Gasteiger partial charge in [-0.2, -0.15) is 0 Å². The van der Waals surface area contributed by atoms with Gasteiger partial charge >= 0.3 is 0 Å². The van der Waals surface area contributed by atoms with Crippen molar-refractivity contribution in [2.24, 2.45) is 0 Å². The van der Waals surface area contributed by atoms with Crippen LogP contribution in [0.15, 0.2) is 42.5 Å². The van der Waals surface area contributed by atoms with Crippen molar-refractivity contribution in [3.05, 3.63) is 53.6 Å². The molecule has 1 heterocycles. The van der Waals surface area contributed by atoms with E-state index in [1.807, 2.05) is 18.2 Å². The van der Waals surface area contributed by atoms with Crippen LogP contribution in [0.25, 0.3) is 0 Å². The van der Waals surface area contributed by atoms with E-state index < -0.39 is 0 Å². The fraction of sp³-hybridized carbons (Fsp3) is 0.333. The maximum atomic E-state index is 5.81. The monoisotopic (exact) mass is 333 g/mol. The van der Waals surface area contributed by atoms with Crippen LogP contribution in [-0.4, -0.2) is 26.3 Å². The number of nitrogen functional groups attached to an aromatic ring is 1. The van der Waals surface area contributed by atoms with Crippen LogP contribution in [0.5, 0.6) is 0 Å². The smallest absolute Gasteiger partial charge is 0.0642 e. The van der Waals surface area contributed by atoms with Gasteiger partial charge < -0.3 is 20.7 Å². The normalized spacial score (nSPS) is 14.2. The van der Waals surface area contributed by atoms with Crippen molar-refractivity contribution < 1.29 is 4.74 Å². The summed E-state index contributed by atoms with van der Waals surface area (Å²) in [5.41, 5.74) is 11.5. The predicted octanol–water partition coefficient (Wildman–Crippen LogP) is 3.45. The van der Waals surface area contributed by atoms with Gasteiger partial charge in [-0.1, -0.05) is 18.2 Å². The molecule has 4 nitrogen and oxygen atoms in total. The van der Waals surface area contributed by atoms with E-state index in [0.717, 1.165) is 44.2 Å². The lowest BCUT2D eigenvalue weighted by Crippen LogP contribution is -2.36. The number of rotatable bonds is 4. The molecule has 1 fully saturated rings. The highest BCUT2D eigenvalue weighted by atomic mass is 35.5. The maximum absolute atomic E-state index is 5.81. The van der Waals surface area contributed by atoms with Gasteiger partial charge in [0.2, 0.25) is 0 Å². The van der Waals surface area contributed by atoms with Crippen molar-refractivity contribution in [3.8, 4) is 0 Å². The number of para-hydroxylation sites is 1. The van der Waals surface area contributed by atoms with Crippen molar-refractivity contribution in [2.75, 3.05) is 42.3 Å². The van der Waals surface area contributed by atoms with Crippen molar-refractivity contribution in [1.29, 1.82) is 0 Å². The Kier molecular flexibility index (Phi) is 6.13. The fourth-order valence-electron chi connectivity index (χ4n) is 2.85. The number of anilines is 3. The molecule has 0 radical (unpaired) electrons. The number of halogens is 1. The first-order valence-electron chi connectivity index (χ1n) is 7.74. The van der Waals surface area contributed by atoms with Gasteiger partial charge in [-0.05, 0) is 42.3 Å². The van der Waals surface area contributed by atoms with E-state index in [4.69, 9.17) is 10.5 Å². The topological polar surface area (TPSA) is 50.5 Å². The Morgan fingerprint density at radius 1 is 1.13 bits per heavy atom. The zero-order valence-corrected chi connectivity index (χ0v) is 14.2. The molecule has 0 unspecified atom stereocenters. The quantitative estimate of drug-likeness (QED) is 0.841. The molecule has 124 valence electrons. The summed E-state index contributed by atoms with van der Waals surface area (Å²) in [5.74, 6) is 0. The molecule has 2 aromatic rings. The Bertz CT molecular complexity index is 642. The summed E-state index contributed by atoms with van der Waals surface area (Å²) < 4.78 is 5.45. The highest BCUT2D eigenvalue weighted by Crippen LogP contribution is 2.24. The molecular formula is C18H24ClN3O. The fourth-order valence-corrected chi connectivity index (χ4v) is 2.85. The van der Waals surface area contributed by atoms with Crippen LogP contribution in [0.1, 0.15) is 11.1 Å². The Morgan fingerprint density at radius 3 is 2.61 bits per heavy atom. The first-order chi connectivity index (χ1) is 10.7. The lowest BCUT2D eigenvalue weighted by molar-refractivity contribution is 0.122. The SMILES string of the molecule is Cc1cc(N)ccc1NCc1ccccc1N1CCOCC1.Cl. The van der Waals surface area contributed by atoms with Crippen molar-refractivity contribution in [1.82, 2.24) is 0 Å². The van der Waals surface area contributed by atoms with Crippen molar-refractivity contribution in [2.45, 2.75) is 13.5 Å². The number of aryl methyl sites for hydroxylation is 1. The first-order valence-corrected chi connectivity index (χ1v) is 7.74. The Balaban J connectivity index is 0.00000192. The van der Waals surface area contributed by atoms with E-state index in [9.17, 15) is 0 Å². The van der Waals surface area contributed by atoms with Crippen LogP contribution in [0, 0.1) is 6.92 Å². The van der Waals surface area contributed by atoms with E-state index in [1.54, 1.807) is 0 Å². The van der Waals surface area contributed by atoms with Gasteiger partial charge in [-0.3, -0.25) is 0 Å². The number of morpholine rings is 1. The van der Waals surface area contributed by atoms with Gasteiger partial charge in [-0.15, -0.1) is 12.4 Å². The van der Waals surface area contributed by atoms with Crippen molar-refractivity contribution >= 4 is 29.5 Å². The average molecular weight is 334 g/mol. The summed E-state index contributed by atoms with van der Waals surface area (Å²) in [5, 5.41) is 3.52. The van der Waals surface area contributed by atoms with E-state index in [2.05, 4.69) is 41.4 Å². The molecule has 1 saturated heterocycles. The summed E-state index contributed by atoms with van der Waals surface area (Å²) >= 11 is 0. The zero-order valence-electron chi connectivity index (χ0n) is 13.4. The molecule has 3 rings (SSSR count). The largest absolute Gasteiger partial charge is 0.399 e. The van der Waals surface area contributed by atoms with Gasteiger partial charge in [0.05, 0.1) is 13.2 Å². The number of nitrogens with two attached hydrogens (primary N) is 1. The Labute approximate surface area is 144 Å². The van der Waals surface area contributed by atoms with Crippen LogP contribution >= 0.6 is 12.4 Å². The van der Waals surface area contributed by atoms with Gasteiger partial charge in [0.25, 0.3) is 0 Å². The molecule has 0 amide bonds. The molecule has 0 saturated carbocycles. The zero-order chi connectivity index (χ0) is 15.4. The average Bonchev–Trinajstić information content (AvgIpc) is 2.55. The molecular weight excluding hydrogens is 310 g/mol. The molecule has 1 aliphatic rings. The van der Waals surface area contributed by atoms with Crippen LogP contribution in [0.3, 0.4) is 0 Å². The summed E-state index contributed by atoms with van der Waals surface area (Å²) in [6.07, 6.45) is 0. The molecule has 5 heteroatoms. The molecule has 0 spiro atoms. The number of nitrogens with zero attached hydrogens (tertiary/aromatic N) is 1. The number of nitrogens with one attached hydrogen (secondary N) is 1. The second kappa shape index (κ2) is 8.09. The number of hydrogen-bond donors (Lipinski definition) is 2. The molecule has 0 aliphatic carbocycles. The molecule has 0 bridgehead atoms. The highest BCUT2D eigenvalue weighted by molar-refractivity contribution is 5.85. The van der Waals surface area contributed by atoms with Gasteiger partial charge in [0.15, 0.2) is 0 Å². The minimum atomic E-state index is 0. The summed E-state index contributed by atoms with van der Waals surface area (Å²) in [6.45, 7) is 6.40. The van der Waals surface area contributed by atoms with E-state index in [1.165, 1.54) is 16.8 Å². The number of hydrogen-bond acceptors (Lipinski definition) is 4. The minimum absolute atomic E-state index is 0. The summed E-state index contributed by atoms with van der Waals surface area (Å²) in [7, 11) is 0. The summed E-state index contributed by atoms with van der Waals surface area (Å²) in [4.78, 5) is 2.40. The van der Waals surface area contributed by atoms with Crippen LogP contribution in [-0.2, 0) is 11.3 Å².